The first kappa shape index (κ1) is 19.9. The van der Waals surface area contributed by atoms with Crippen LogP contribution < -0.4 is 10.9 Å². The van der Waals surface area contributed by atoms with Crippen LogP contribution in [0.15, 0.2) is 65.0 Å². The molecule has 9 heteroatoms. The van der Waals surface area contributed by atoms with E-state index in [1.54, 1.807) is 6.20 Å². The number of pyridine rings is 2. The standard InChI is InChI=1S/C21H14ClFN4O2S/c1-12-3-2-8-24-19(12)17-11-30-21(25-17)26-20(29)13-4-7-18(28)27(10-13)14-5-6-16(23)15(22)9-14/h2-11H,1H3,(H,25,26,29). The first-order chi connectivity index (χ1) is 14.4. The zero-order valence-corrected chi connectivity index (χ0v) is 17.2. The highest BCUT2D eigenvalue weighted by Gasteiger charge is 2.14. The van der Waals surface area contributed by atoms with Crippen LogP contribution in [0.1, 0.15) is 15.9 Å². The van der Waals surface area contributed by atoms with Crippen molar-refractivity contribution in [2.24, 2.45) is 0 Å². The molecule has 0 aliphatic rings. The zero-order chi connectivity index (χ0) is 21.3. The predicted octanol–water partition coefficient (Wildman–Crippen LogP) is 4.71. The van der Waals surface area contributed by atoms with Crippen LogP contribution in [0.5, 0.6) is 0 Å². The Hall–Kier alpha value is -3.36. The molecule has 1 aromatic carbocycles. The van der Waals surface area contributed by atoms with E-state index in [2.05, 4.69) is 15.3 Å². The molecule has 0 unspecified atom stereocenters. The molecule has 0 fully saturated rings. The molecule has 4 rings (SSSR count). The van der Waals surface area contributed by atoms with Crippen molar-refractivity contribution in [1.29, 1.82) is 0 Å². The number of hydrogen-bond donors (Lipinski definition) is 1. The fourth-order valence-corrected chi connectivity index (χ4v) is 3.69. The van der Waals surface area contributed by atoms with Crippen LogP contribution >= 0.6 is 22.9 Å². The number of nitrogens with zero attached hydrogens (tertiary/aromatic N) is 3. The van der Waals surface area contributed by atoms with Gasteiger partial charge in [-0.3, -0.25) is 24.5 Å². The Kier molecular flexibility index (Phi) is 5.43. The number of carbonyl (C=O) groups excluding carboxylic acids is 1. The summed E-state index contributed by atoms with van der Waals surface area (Å²) in [6, 6.07) is 10.3. The molecule has 0 saturated heterocycles. The number of halogens is 2. The molecule has 0 aliphatic heterocycles. The summed E-state index contributed by atoms with van der Waals surface area (Å²) in [4.78, 5) is 33.6. The maximum atomic E-state index is 13.4. The van der Waals surface area contributed by atoms with Gasteiger partial charge in [-0.15, -0.1) is 11.3 Å². The number of aromatic nitrogens is 3. The van der Waals surface area contributed by atoms with Crippen molar-refractivity contribution < 1.29 is 9.18 Å². The lowest BCUT2D eigenvalue weighted by molar-refractivity contribution is 0.102. The molecule has 1 N–H and O–H groups in total. The Bertz CT molecular complexity index is 1320. The minimum Gasteiger partial charge on any atom is -0.298 e. The molecule has 30 heavy (non-hydrogen) atoms. The highest BCUT2D eigenvalue weighted by Crippen LogP contribution is 2.26. The Morgan fingerprint density at radius 1 is 1.23 bits per heavy atom. The molecule has 0 atom stereocenters. The summed E-state index contributed by atoms with van der Waals surface area (Å²) in [5.74, 6) is -1.03. The van der Waals surface area contributed by atoms with Crippen LogP contribution in [0, 0.1) is 12.7 Å². The topological polar surface area (TPSA) is 76.9 Å². The van der Waals surface area contributed by atoms with E-state index in [0.717, 1.165) is 17.3 Å². The van der Waals surface area contributed by atoms with E-state index in [-0.39, 0.29) is 16.1 Å². The Labute approximate surface area is 179 Å². The minimum absolute atomic E-state index is 0.116. The lowest BCUT2D eigenvalue weighted by atomic mass is 10.2. The third kappa shape index (κ3) is 4.00. The first-order valence-electron chi connectivity index (χ1n) is 8.79. The summed E-state index contributed by atoms with van der Waals surface area (Å²) in [6.45, 7) is 1.94. The molecule has 6 nitrogen and oxygen atoms in total. The average Bonchev–Trinajstić information content (AvgIpc) is 3.19. The molecule has 0 spiro atoms. The van der Waals surface area contributed by atoms with E-state index in [1.165, 1.54) is 46.4 Å². The quantitative estimate of drug-likeness (QED) is 0.498. The molecule has 3 aromatic heterocycles. The number of thiazole rings is 1. The average molecular weight is 441 g/mol. The van der Waals surface area contributed by atoms with Crippen molar-refractivity contribution in [2.75, 3.05) is 5.32 Å². The van der Waals surface area contributed by atoms with Crippen molar-refractivity contribution in [2.45, 2.75) is 6.92 Å². The predicted molar refractivity (Wildman–Crippen MR) is 115 cm³/mol. The molecular weight excluding hydrogens is 427 g/mol. The minimum atomic E-state index is -0.593. The number of hydrogen-bond acceptors (Lipinski definition) is 5. The number of carbonyl (C=O) groups is 1. The molecule has 4 aromatic rings. The molecule has 0 aliphatic carbocycles. The van der Waals surface area contributed by atoms with E-state index >= 15 is 0 Å². The van der Waals surface area contributed by atoms with Crippen molar-refractivity contribution in [3.63, 3.8) is 0 Å². The summed E-state index contributed by atoms with van der Waals surface area (Å²) in [7, 11) is 0. The van der Waals surface area contributed by atoms with Gasteiger partial charge >= 0.3 is 0 Å². The number of nitrogens with one attached hydrogen (secondary N) is 1. The second-order valence-corrected chi connectivity index (χ2v) is 7.65. The van der Waals surface area contributed by atoms with Gasteiger partial charge in [-0.05, 0) is 42.8 Å². The van der Waals surface area contributed by atoms with Gasteiger partial charge in [0.25, 0.3) is 11.5 Å². The molecular formula is C21H14ClFN4O2S. The summed E-state index contributed by atoms with van der Waals surface area (Å²) in [5.41, 5.74) is 2.60. The van der Waals surface area contributed by atoms with Gasteiger partial charge in [0.15, 0.2) is 5.13 Å². The molecule has 0 bridgehead atoms. The highest BCUT2D eigenvalue weighted by molar-refractivity contribution is 7.14. The van der Waals surface area contributed by atoms with Gasteiger partial charge in [0.05, 0.1) is 22.0 Å². The summed E-state index contributed by atoms with van der Waals surface area (Å²) < 4.78 is 14.6. The second kappa shape index (κ2) is 8.17. The Morgan fingerprint density at radius 2 is 2.07 bits per heavy atom. The van der Waals surface area contributed by atoms with Gasteiger partial charge in [0.1, 0.15) is 11.5 Å². The van der Waals surface area contributed by atoms with Gasteiger partial charge in [0, 0.05) is 23.8 Å². The molecule has 0 saturated carbocycles. The third-order valence-electron chi connectivity index (χ3n) is 4.33. The highest BCUT2D eigenvalue weighted by atomic mass is 35.5. The van der Waals surface area contributed by atoms with E-state index in [4.69, 9.17) is 11.6 Å². The van der Waals surface area contributed by atoms with Crippen molar-refractivity contribution in [3.05, 3.63) is 92.6 Å². The lowest BCUT2D eigenvalue weighted by Gasteiger charge is -2.09. The van der Waals surface area contributed by atoms with Gasteiger partial charge in [-0.25, -0.2) is 9.37 Å². The maximum absolute atomic E-state index is 13.4. The number of amides is 1. The number of benzene rings is 1. The SMILES string of the molecule is Cc1cccnc1-c1csc(NC(=O)c2ccc(=O)n(-c3ccc(F)c(Cl)c3)c2)n1. The Balaban J connectivity index is 1.60. The van der Waals surface area contributed by atoms with Crippen molar-refractivity contribution in [1.82, 2.24) is 14.5 Å². The lowest BCUT2D eigenvalue weighted by Crippen LogP contribution is -2.20. The number of anilines is 1. The maximum Gasteiger partial charge on any atom is 0.258 e. The summed E-state index contributed by atoms with van der Waals surface area (Å²) in [5, 5.41) is 4.83. The molecule has 150 valence electrons. The normalized spacial score (nSPS) is 10.8. The van der Waals surface area contributed by atoms with E-state index in [1.807, 2.05) is 24.4 Å². The largest absolute Gasteiger partial charge is 0.298 e. The number of rotatable bonds is 4. The molecule has 3 heterocycles. The first-order valence-corrected chi connectivity index (χ1v) is 10.0. The van der Waals surface area contributed by atoms with Gasteiger partial charge in [-0.2, -0.15) is 0 Å². The number of aryl methyl sites for hydroxylation is 1. The zero-order valence-electron chi connectivity index (χ0n) is 15.6. The van der Waals surface area contributed by atoms with E-state index in [0.29, 0.717) is 16.5 Å². The summed E-state index contributed by atoms with van der Waals surface area (Å²) in [6.07, 6.45) is 3.06. The fraction of sp³-hybridized carbons (Fsp3) is 0.0476. The fourth-order valence-electron chi connectivity index (χ4n) is 2.82. The van der Waals surface area contributed by atoms with Crippen LogP contribution in [0.2, 0.25) is 5.02 Å². The van der Waals surface area contributed by atoms with Gasteiger partial charge in [-0.1, -0.05) is 17.7 Å². The van der Waals surface area contributed by atoms with Gasteiger partial charge in [0.2, 0.25) is 0 Å². The van der Waals surface area contributed by atoms with Gasteiger partial charge < -0.3 is 0 Å². The second-order valence-electron chi connectivity index (χ2n) is 6.39. The van der Waals surface area contributed by atoms with Crippen LogP contribution in [-0.4, -0.2) is 20.4 Å². The van der Waals surface area contributed by atoms with Crippen LogP contribution in [-0.2, 0) is 0 Å². The Morgan fingerprint density at radius 3 is 2.83 bits per heavy atom. The molecule has 0 radical (unpaired) electrons. The summed E-state index contributed by atoms with van der Waals surface area (Å²) >= 11 is 7.08. The van der Waals surface area contributed by atoms with E-state index < -0.39 is 11.7 Å². The van der Waals surface area contributed by atoms with Crippen LogP contribution in [0.25, 0.3) is 17.1 Å². The van der Waals surface area contributed by atoms with Crippen LogP contribution in [0.4, 0.5) is 9.52 Å². The van der Waals surface area contributed by atoms with Crippen molar-refractivity contribution in [3.8, 4) is 17.1 Å². The van der Waals surface area contributed by atoms with Crippen molar-refractivity contribution >= 4 is 34.0 Å². The third-order valence-corrected chi connectivity index (χ3v) is 5.38. The van der Waals surface area contributed by atoms with E-state index in [9.17, 15) is 14.0 Å². The monoisotopic (exact) mass is 440 g/mol. The molecule has 1 amide bonds. The smallest absolute Gasteiger partial charge is 0.258 e. The van der Waals surface area contributed by atoms with Crippen LogP contribution in [0.3, 0.4) is 0 Å².